The highest BCUT2D eigenvalue weighted by Crippen LogP contribution is 2.25. The summed E-state index contributed by atoms with van der Waals surface area (Å²) in [4.78, 5) is 4.51. The van der Waals surface area contributed by atoms with Crippen molar-refractivity contribution < 1.29 is 4.74 Å². The third kappa shape index (κ3) is 4.33. The molecule has 0 amide bonds. The Morgan fingerprint density at radius 2 is 1.78 bits per heavy atom. The van der Waals surface area contributed by atoms with Crippen molar-refractivity contribution in [1.29, 1.82) is 0 Å². The number of aryl methyl sites for hydroxylation is 1. The summed E-state index contributed by atoms with van der Waals surface area (Å²) in [6.07, 6.45) is 1.76. The molecule has 1 aromatic heterocycles. The van der Waals surface area contributed by atoms with Gasteiger partial charge in [0, 0.05) is 5.56 Å². The number of benzene rings is 3. The van der Waals surface area contributed by atoms with Crippen LogP contribution in [0.1, 0.15) is 16.7 Å². The summed E-state index contributed by atoms with van der Waals surface area (Å²) in [5.41, 5.74) is 7.28. The quantitative estimate of drug-likeness (QED) is 0.352. The minimum absolute atomic E-state index is 0.524. The van der Waals surface area contributed by atoms with Crippen molar-refractivity contribution in [2.24, 2.45) is 5.10 Å². The molecule has 0 aliphatic rings. The van der Waals surface area contributed by atoms with Crippen LogP contribution in [0, 0.1) is 6.92 Å². The molecule has 0 bridgehead atoms. The van der Waals surface area contributed by atoms with Crippen LogP contribution in [0.2, 0.25) is 0 Å². The Morgan fingerprint density at radius 3 is 2.63 bits per heavy atom. The fraction of sp³-hybridized carbons (Fsp3) is 0.0909. The molecule has 0 saturated heterocycles. The first-order valence-corrected chi connectivity index (χ1v) is 9.51. The van der Waals surface area contributed by atoms with Gasteiger partial charge >= 0.3 is 0 Å². The molecule has 0 unspecified atom stereocenters. The second kappa shape index (κ2) is 8.01. The van der Waals surface area contributed by atoms with E-state index in [1.165, 1.54) is 5.56 Å². The van der Waals surface area contributed by atoms with Gasteiger partial charge in [-0.15, -0.1) is 0 Å². The molecular weight excluding hydrogens is 354 g/mol. The lowest BCUT2D eigenvalue weighted by Crippen LogP contribution is -1.99. The summed E-state index contributed by atoms with van der Waals surface area (Å²) in [5, 5.41) is 5.10. The number of para-hydroxylation sites is 2. The zero-order chi connectivity index (χ0) is 18.5. The molecule has 27 heavy (non-hydrogen) atoms. The monoisotopic (exact) mass is 373 g/mol. The van der Waals surface area contributed by atoms with Crippen molar-refractivity contribution in [3.63, 3.8) is 0 Å². The zero-order valence-electron chi connectivity index (χ0n) is 14.9. The number of anilines is 1. The maximum atomic E-state index is 5.98. The molecule has 134 valence electrons. The number of hydrogen-bond donors (Lipinski definition) is 1. The first-order chi connectivity index (χ1) is 13.3. The maximum Gasteiger partial charge on any atom is 0.204 e. The summed E-state index contributed by atoms with van der Waals surface area (Å²) in [5.74, 6) is 0.799. The highest BCUT2D eigenvalue weighted by atomic mass is 32.1. The number of ether oxygens (including phenoxy) is 1. The van der Waals surface area contributed by atoms with Crippen molar-refractivity contribution in [3.05, 3.63) is 89.5 Å². The fourth-order valence-electron chi connectivity index (χ4n) is 2.64. The number of fused-ring (bicyclic) bond motifs is 1. The van der Waals surface area contributed by atoms with Gasteiger partial charge in [-0.25, -0.2) is 4.98 Å². The Labute approximate surface area is 162 Å². The number of hydrogen-bond acceptors (Lipinski definition) is 5. The lowest BCUT2D eigenvalue weighted by molar-refractivity contribution is 0.306. The van der Waals surface area contributed by atoms with E-state index in [0.717, 1.165) is 32.2 Å². The summed E-state index contributed by atoms with van der Waals surface area (Å²) in [7, 11) is 0. The molecule has 0 atom stereocenters. The molecule has 4 nitrogen and oxygen atoms in total. The highest BCUT2D eigenvalue weighted by Gasteiger charge is 2.03. The molecule has 3 aromatic carbocycles. The highest BCUT2D eigenvalue weighted by molar-refractivity contribution is 7.22. The van der Waals surface area contributed by atoms with Gasteiger partial charge < -0.3 is 4.74 Å². The Morgan fingerprint density at radius 1 is 1.00 bits per heavy atom. The van der Waals surface area contributed by atoms with Gasteiger partial charge in [0.15, 0.2) is 0 Å². The molecule has 1 N–H and O–H groups in total. The van der Waals surface area contributed by atoms with E-state index in [4.69, 9.17) is 4.74 Å². The van der Waals surface area contributed by atoms with Gasteiger partial charge in [0.1, 0.15) is 12.4 Å². The minimum atomic E-state index is 0.524. The van der Waals surface area contributed by atoms with Crippen LogP contribution in [-0.4, -0.2) is 11.2 Å². The first kappa shape index (κ1) is 17.2. The smallest absolute Gasteiger partial charge is 0.204 e. The van der Waals surface area contributed by atoms with E-state index in [-0.39, 0.29) is 0 Å². The van der Waals surface area contributed by atoms with E-state index in [1.807, 2.05) is 42.5 Å². The van der Waals surface area contributed by atoms with E-state index in [9.17, 15) is 0 Å². The van der Waals surface area contributed by atoms with Gasteiger partial charge in [0.05, 0.1) is 16.4 Å². The number of rotatable bonds is 6. The van der Waals surface area contributed by atoms with Crippen molar-refractivity contribution in [2.45, 2.75) is 13.5 Å². The van der Waals surface area contributed by atoms with E-state index < -0.39 is 0 Å². The van der Waals surface area contributed by atoms with Crippen LogP contribution in [0.25, 0.3) is 10.2 Å². The minimum Gasteiger partial charge on any atom is -0.488 e. The molecule has 5 heteroatoms. The lowest BCUT2D eigenvalue weighted by atomic mass is 10.1. The van der Waals surface area contributed by atoms with Gasteiger partial charge in [0.25, 0.3) is 0 Å². The summed E-state index contributed by atoms with van der Waals surface area (Å²) >= 11 is 1.58. The van der Waals surface area contributed by atoms with Crippen LogP contribution in [-0.2, 0) is 6.61 Å². The number of aromatic nitrogens is 1. The number of thiazole rings is 1. The van der Waals surface area contributed by atoms with Crippen molar-refractivity contribution >= 4 is 32.9 Å². The summed E-state index contributed by atoms with van der Waals surface area (Å²) in [6.45, 7) is 2.60. The predicted molar refractivity (Wildman–Crippen MR) is 113 cm³/mol. The predicted octanol–water partition coefficient (Wildman–Crippen LogP) is 5.63. The summed E-state index contributed by atoms with van der Waals surface area (Å²) < 4.78 is 7.12. The third-order valence-corrected chi connectivity index (χ3v) is 5.03. The van der Waals surface area contributed by atoms with Crippen molar-refractivity contribution in [3.8, 4) is 5.75 Å². The van der Waals surface area contributed by atoms with E-state index in [1.54, 1.807) is 17.6 Å². The lowest BCUT2D eigenvalue weighted by Gasteiger charge is -2.09. The van der Waals surface area contributed by atoms with Crippen molar-refractivity contribution in [2.75, 3.05) is 5.43 Å². The van der Waals surface area contributed by atoms with Crippen molar-refractivity contribution in [1.82, 2.24) is 4.98 Å². The van der Waals surface area contributed by atoms with Crippen LogP contribution in [0.4, 0.5) is 5.13 Å². The number of hydrazone groups is 1. The first-order valence-electron chi connectivity index (χ1n) is 8.70. The second-order valence-electron chi connectivity index (χ2n) is 6.17. The molecule has 0 radical (unpaired) electrons. The van der Waals surface area contributed by atoms with Gasteiger partial charge in [-0.1, -0.05) is 65.4 Å². The van der Waals surface area contributed by atoms with E-state index in [2.05, 4.69) is 52.8 Å². The zero-order valence-corrected chi connectivity index (χ0v) is 15.7. The molecule has 0 aliphatic carbocycles. The largest absolute Gasteiger partial charge is 0.488 e. The Balaban J connectivity index is 1.43. The van der Waals surface area contributed by atoms with Gasteiger partial charge in [-0.05, 0) is 36.8 Å². The number of nitrogens with one attached hydrogen (secondary N) is 1. The molecule has 0 fully saturated rings. The normalized spacial score (nSPS) is 11.1. The average Bonchev–Trinajstić information content (AvgIpc) is 3.11. The molecular formula is C22H19N3OS. The molecule has 4 rings (SSSR count). The number of nitrogens with zero attached hydrogens (tertiary/aromatic N) is 2. The molecule has 0 spiro atoms. The fourth-order valence-corrected chi connectivity index (χ4v) is 3.46. The van der Waals surface area contributed by atoms with E-state index in [0.29, 0.717) is 6.61 Å². The van der Waals surface area contributed by atoms with Gasteiger partial charge in [-0.3, -0.25) is 5.43 Å². The molecule has 1 heterocycles. The van der Waals surface area contributed by atoms with Crippen LogP contribution in [0.3, 0.4) is 0 Å². The van der Waals surface area contributed by atoms with Crippen LogP contribution >= 0.6 is 11.3 Å². The third-order valence-electron chi connectivity index (χ3n) is 4.09. The SMILES string of the molecule is Cc1ccc(COc2ccccc2/C=N\Nc2nc3ccccc3s2)cc1. The maximum absolute atomic E-state index is 5.98. The van der Waals surface area contributed by atoms with E-state index >= 15 is 0 Å². The van der Waals surface area contributed by atoms with Crippen LogP contribution in [0.5, 0.6) is 5.75 Å². The molecule has 0 aliphatic heterocycles. The Hall–Kier alpha value is -3.18. The van der Waals surface area contributed by atoms with Gasteiger partial charge in [0.2, 0.25) is 5.13 Å². The average molecular weight is 373 g/mol. The molecule has 0 saturated carbocycles. The van der Waals surface area contributed by atoms with Crippen LogP contribution in [0.15, 0.2) is 77.9 Å². The Kier molecular flexibility index (Phi) is 5.12. The standard InChI is InChI=1S/C22H19N3OS/c1-16-10-12-17(13-11-16)15-26-20-8-4-2-6-18(20)14-23-25-22-24-19-7-3-5-9-21(19)27-22/h2-14H,15H2,1H3,(H,24,25)/b23-14-. The Bertz CT molecular complexity index is 1040. The topological polar surface area (TPSA) is 46.5 Å². The second-order valence-corrected chi connectivity index (χ2v) is 7.20. The van der Waals surface area contributed by atoms with Gasteiger partial charge in [-0.2, -0.15) is 5.10 Å². The van der Waals surface area contributed by atoms with Crippen LogP contribution < -0.4 is 10.2 Å². The molecule has 4 aromatic rings. The summed E-state index contributed by atoms with van der Waals surface area (Å²) in [6, 6.07) is 24.3.